The van der Waals surface area contributed by atoms with Crippen LogP contribution in [-0.4, -0.2) is 41.9 Å². The van der Waals surface area contributed by atoms with Gasteiger partial charge in [-0.15, -0.1) is 0 Å². The van der Waals surface area contributed by atoms with E-state index in [9.17, 15) is 18.8 Å². The van der Waals surface area contributed by atoms with Crippen molar-refractivity contribution in [1.29, 1.82) is 5.26 Å². The molecule has 5 rings (SSSR count). The number of imidazole rings is 1. The van der Waals surface area contributed by atoms with Crippen LogP contribution < -0.4 is 0 Å². The number of hydrogen-bond donors (Lipinski definition) is 1. The number of hydrogen-bond acceptors (Lipinski definition) is 6. The van der Waals surface area contributed by atoms with Gasteiger partial charge < -0.3 is 14.3 Å². The Balaban J connectivity index is 1.62. The standard InChI is InChI=1S/C22H19F2N7O2/c1-22(2,10-25)21-28-16(19(23)24)18(33-21)20(32)30-8-6-13-15(27-11-26-13)17(30)14-9-12-5-3-4-7-31(12)29-14/h3-5,7,9,11,17,19H,6,8H2,1-2H3,(H,26,27)/t17-/m1/s1. The molecule has 1 N–H and O–H groups in total. The lowest BCUT2D eigenvalue weighted by Gasteiger charge is -2.33. The van der Waals surface area contributed by atoms with Crippen molar-refractivity contribution in [3.8, 4) is 6.07 Å². The highest BCUT2D eigenvalue weighted by atomic mass is 19.3. The van der Waals surface area contributed by atoms with E-state index in [4.69, 9.17) is 4.42 Å². The van der Waals surface area contributed by atoms with E-state index in [0.29, 0.717) is 17.8 Å². The van der Waals surface area contributed by atoms with Crippen LogP contribution in [0.1, 0.15) is 65.5 Å². The van der Waals surface area contributed by atoms with Crippen molar-refractivity contribution >= 4 is 11.4 Å². The van der Waals surface area contributed by atoms with Crippen LogP contribution >= 0.6 is 0 Å². The Morgan fingerprint density at radius 1 is 1.39 bits per heavy atom. The van der Waals surface area contributed by atoms with Gasteiger partial charge >= 0.3 is 0 Å². The third kappa shape index (κ3) is 3.34. The molecule has 1 aliphatic heterocycles. The molecule has 0 spiro atoms. The summed E-state index contributed by atoms with van der Waals surface area (Å²) in [6.45, 7) is 3.20. The maximum atomic E-state index is 13.8. The number of carbonyl (C=O) groups is 1. The number of H-pyrrole nitrogens is 1. The van der Waals surface area contributed by atoms with Crippen molar-refractivity contribution in [3.05, 3.63) is 71.2 Å². The molecule has 0 aromatic carbocycles. The Morgan fingerprint density at radius 3 is 2.94 bits per heavy atom. The van der Waals surface area contributed by atoms with Gasteiger partial charge in [0.1, 0.15) is 11.5 Å². The van der Waals surface area contributed by atoms with Gasteiger partial charge in [0.15, 0.2) is 5.69 Å². The molecule has 1 amide bonds. The Kier molecular flexibility index (Phi) is 4.74. The van der Waals surface area contributed by atoms with Crippen LogP contribution in [0.15, 0.2) is 41.2 Å². The molecule has 168 valence electrons. The Hall–Kier alpha value is -4.07. The number of carbonyl (C=O) groups excluding carboxylic acids is 1. The second-order valence-electron chi connectivity index (χ2n) is 8.33. The van der Waals surface area contributed by atoms with Crippen LogP contribution in [0.25, 0.3) is 5.52 Å². The van der Waals surface area contributed by atoms with Gasteiger partial charge in [-0.05, 0) is 32.0 Å². The molecular formula is C22H19F2N7O2. The van der Waals surface area contributed by atoms with Gasteiger partial charge in [0, 0.05) is 24.9 Å². The Labute approximate surface area is 186 Å². The molecule has 5 heterocycles. The highest BCUT2D eigenvalue weighted by Crippen LogP contribution is 2.36. The Morgan fingerprint density at radius 2 is 2.21 bits per heavy atom. The monoisotopic (exact) mass is 451 g/mol. The van der Waals surface area contributed by atoms with Crippen LogP contribution in [0.2, 0.25) is 0 Å². The molecule has 11 heteroatoms. The number of oxazole rings is 1. The summed E-state index contributed by atoms with van der Waals surface area (Å²) in [5, 5.41) is 14.0. The van der Waals surface area contributed by atoms with E-state index < -0.39 is 35.2 Å². The summed E-state index contributed by atoms with van der Waals surface area (Å²) in [7, 11) is 0. The van der Waals surface area contributed by atoms with Crippen molar-refractivity contribution in [3.63, 3.8) is 0 Å². The number of rotatable bonds is 4. The van der Waals surface area contributed by atoms with Gasteiger partial charge in [0.2, 0.25) is 11.7 Å². The Bertz CT molecular complexity index is 1360. The fraction of sp³-hybridized carbons (Fsp3) is 0.318. The zero-order valence-corrected chi connectivity index (χ0v) is 17.8. The maximum absolute atomic E-state index is 13.8. The quantitative estimate of drug-likeness (QED) is 0.507. The predicted molar refractivity (Wildman–Crippen MR) is 110 cm³/mol. The molecule has 0 aliphatic carbocycles. The third-order valence-corrected chi connectivity index (χ3v) is 5.72. The van der Waals surface area contributed by atoms with E-state index in [-0.39, 0.29) is 12.4 Å². The molecule has 0 bridgehead atoms. The van der Waals surface area contributed by atoms with Gasteiger partial charge in [-0.2, -0.15) is 10.4 Å². The SMILES string of the molecule is CC(C)(C#N)c1nc(C(F)F)c(C(=O)N2CCc3[nH]cnc3[C@H]2c2cc3ccccn3n2)o1. The molecule has 0 saturated heterocycles. The minimum atomic E-state index is -3.05. The number of nitriles is 1. The van der Waals surface area contributed by atoms with Crippen LogP contribution in [-0.2, 0) is 11.8 Å². The number of pyridine rings is 1. The summed E-state index contributed by atoms with van der Waals surface area (Å²) in [6, 6.07) is 8.65. The molecule has 0 unspecified atom stereocenters. The normalized spacial score (nSPS) is 16.2. The highest BCUT2D eigenvalue weighted by Gasteiger charge is 2.41. The molecule has 0 radical (unpaired) electrons. The fourth-order valence-electron chi connectivity index (χ4n) is 3.97. The average Bonchev–Trinajstić information content (AvgIpc) is 3.55. The van der Waals surface area contributed by atoms with E-state index in [1.807, 2.05) is 30.3 Å². The molecular weight excluding hydrogens is 432 g/mol. The molecule has 33 heavy (non-hydrogen) atoms. The molecule has 0 fully saturated rings. The first kappa shape index (κ1) is 20.8. The fourth-order valence-corrected chi connectivity index (χ4v) is 3.97. The molecule has 4 aromatic heterocycles. The predicted octanol–water partition coefficient (Wildman–Crippen LogP) is 3.57. The largest absolute Gasteiger partial charge is 0.433 e. The van der Waals surface area contributed by atoms with Gasteiger partial charge in [0.05, 0.1) is 29.3 Å². The van der Waals surface area contributed by atoms with E-state index in [1.54, 1.807) is 10.7 Å². The molecule has 0 saturated carbocycles. The van der Waals surface area contributed by atoms with Crippen LogP contribution in [0.4, 0.5) is 8.78 Å². The van der Waals surface area contributed by atoms with Crippen molar-refractivity contribution < 1.29 is 18.0 Å². The average molecular weight is 451 g/mol. The van der Waals surface area contributed by atoms with E-state index >= 15 is 0 Å². The lowest BCUT2D eigenvalue weighted by atomic mass is 9.96. The first-order valence-electron chi connectivity index (χ1n) is 10.3. The van der Waals surface area contributed by atoms with E-state index in [1.165, 1.54) is 25.1 Å². The van der Waals surface area contributed by atoms with Crippen molar-refractivity contribution in [2.75, 3.05) is 6.54 Å². The first-order valence-corrected chi connectivity index (χ1v) is 10.3. The first-order chi connectivity index (χ1) is 15.8. The number of aromatic nitrogens is 5. The van der Waals surface area contributed by atoms with E-state index in [2.05, 4.69) is 20.1 Å². The summed E-state index contributed by atoms with van der Waals surface area (Å²) in [4.78, 5) is 26.3. The molecule has 9 nitrogen and oxygen atoms in total. The van der Waals surface area contributed by atoms with E-state index in [0.717, 1.165) is 11.2 Å². The second kappa shape index (κ2) is 7.51. The van der Waals surface area contributed by atoms with Crippen molar-refractivity contribution in [2.24, 2.45) is 0 Å². The summed E-state index contributed by atoms with van der Waals surface area (Å²) >= 11 is 0. The number of aromatic amines is 1. The smallest absolute Gasteiger partial charge is 0.292 e. The van der Waals surface area contributed by atoms with Crippen LogP contribution in [0.3, 0.4) is 0 Å². The molecule has 1 atom stereocenters. The highest BCUT2D eigenvalue weighted by molar-refractivity contribution is 5.93. The zero-order chi connectivity index (χ0) is 23.3. The number of nitrogens with one attached hydrogen (secondary N) is 1. The molecule has 1 aliphatic rings. The lowest BCUT2D eigenvalue weighted by Crippen LogP contribution is -2.41. The summed E-state index contributed by atoms with van der Waals surface area (Å²) in [5.74, 6) is -1.56. The number of fused-ring (bicyclic) bond motifs is 2. The third-order valence-electron chi connectivity index (χ3n) is 5.72. The van der Waals surface area contributed by atoms with Gasteiger partial charge in [-0.25, -0.2) is 23.3 Å². The summed E-state index contributed by atoms with van der Waals surface area (Å²) in [6.07, 6.45) is 0.726. The maximum Gasteiger partial charge on any atom is 0.292 e. The number of halogens is 2. The topological polar surface area (TPSA) is 116 Å². The number of nitrogens with zero attached hydrogens (tertiary/aromatic N) is 6. The number of alkyl halides is 2. The van der Waals surface area contributed by atoms with Gasteiger partial charge in [0.25, 0.3) is 12.3 Å². The second-order valence-corrected chi connectivity index (χ2v) is 8.33. The van der Waals surface area contributed by atoms with Crippen LogP contribution in [0.5, 0.6) is 0 Å². The minimum absolute atomic E-state index is 0.229. The lowest BCUT2D eigenvalue weighted by molar-refractivity contribution is 0.0636. The van der Waals surface area contributed by atoms with Crippen molar-refractivity contribution in [1.82, 2.24) is 29.5 Å². The summed E-state index contributed by atoms with van der Waals surface area (Å²) < 4.78 is 34.8. The molecule has 4 aromatic rings. The number of amides is 1. The van der Waals surface area contributed by atoms with Crippen LogP contribution in [0, 0.1) is 11.3 Å². The van der Waals surface area contributed by atoms with Crippen molar-refractivity contribution in [2.45, 2.75) is 38.2 Å². The minimum Gasteiger partial charge on any atom is -0.433 e. The zero-order valence-electron chi connectivity index (χ0n) is 17.8. The van der Waals surface area contributed by atoms with Gasteiger partial charge in [-0.1, -0.05) is 6.07 Å². The van der Waals surface area contributed by atoms with Gasteiger partial charge in [-0.3, -0.25) is 4.79 Å². The summed E-state index contributed by atoms with van der Waals surface area (Å²) in [5.41, 5.74) is 0.736.